The Bertz CT molecular complexity index is 1840. The van der Waals surface area contributed by atoms with Crippen molar-refractivity contribution in [1.82, 2.24) is 30.2 Å². The van der Waals surface area contributed by atoms with E-state index < -0.39 is 0 Å². The molecule has 40 heavy (non-hydrogen) atoms. The van der Waals surface area contributed by atoms with E-state index in [0.29, 0.717) is 5.82 Å². The summed E-state index contributed by atoms with van der Waals surface area (Å²) in [6.07, 6.45) is 7.69. The van der Waals surface area contributed by atoms with E-state index in [1.807, 2.05) is 18.2 Å². The summed E-state index contributed by atoms with van der Waals surface area (Å²) in [5.41, 5.74) is 12.0. The number of nitrogens with zero attached hydrogens (tertiary/aromatic N) is 5. The molecule has 0 atom stereocenters. The van der Waals surface area contributed by atoms with Crippen LogP contribution < -0.4 is 0 Å². The second-order valence-electron chi connectivity index (χ2n) is 10.5. The van der Waals surface area contributed by atoms with Crippen LogP contribution in [0.25, 0.3) is 34.0 Å². The van der Waals surface area contributed by atoms with Crippen molar-refractivity contribution in [3.8, 4) is 11.3 Å². The monoisotopic (exact) mass is 526 g/mol. The van der Waals surface area contributed by atoms with Crippen LogP contribution in [-0.2, 0) is 25.8 Å². The van der Waals surface area contributed by atoms with Crippen molar-refractivity contribution in [2.75, 3.05) is 0 Å². The van der Waals surface area contributed by atoms with Crippen LogP contribution in [0, 0.1) is 6.92 Å². The van der Waals surface area contributed by atoms with E-state index in [-0.39, 0.29) is 0 Å². The normalized spacial score (nSPS) is 13.9. The molecule has 0 radical (unpaired) electrons. The van der Waals surface area contributed by atoms with Crippen molar-refractivity contribution in [3.05, 3.63) is 118 Å². The third-order valence-electron chi connectivity index (χ3n) is 7.81. The Balaban J connectivity index is 1.33. The van der Waals surface area contributed by atoms with E-state index in [1.165, 1.54) is 27.8 Å². The Morgan fingerprint density at radius 2 is 1.85 bits per heavy atom. The molecule has 7 heteroatoms. The molecule has 0 fully saturated rings. The zero-order valence-electron chi connectivity index (χ0n) is 22.7. The molecule has 1 aliphatic carbocycles. The van der Waals surface area contributed by atoms with Crippen molar-refractivity contribution in [3.63, 3.8) is 0 Å². The molecule has 6 aromatic rings. The number of aromatic nitrogens is 6. The number of H-pyrrole nitrogens is 1. The van der Waals surface area contributed by atoms with Crippen molar-refractivity contribution >= 4 is 22.7 Å². The molecule has 0 saturated carbocycles. The molecule has 198 valence electrons. The largest absolute Gasteiger partial charge is 0.464 e. The first kappa shape index (κ1) is 24.3. The Kier molecular flexibility index (Phi) is 6.11. The Hall–Kier alpha value is -4.78. The maximum absolute atomic E-state index is 5.73. The first-order valence-electron chi connectivity index (χ1n) is 13.9. The number of benzene rings is 3. The highest BCUT2D eigenvalue weighted by molar-refractivity contribution is 5.93. The summed E-state index contributed by atoms with van der Waals surface area (Å²) in [6.45, 7) is 5.11. The van der Waals surface area contributed by atoms with E-state index in [9.17, 15) is 0 Å². The zero-order valence-corrected chi connectivity index (χ0v) is 22.7. The Morgan fingerprint density at radius 3 is 2.67 bits per heavy atom. The van der Waals surface area contributed by atoms with Gasteiger partial charge >= 0.3 is 0 Å². The molecule has 3 aromatic heterocycles. The van der Waals surface area contributed by atoms with E-state index >= 15 is 0 Å². The minimum Gasteiger partial charge on any atom is -0.464 e. The van der Waals surface area contributed by atoms with Crippen LogP contribution in [0.5, 0.6) is 0 Å². The predicted molar refractivity (Wildman–Crippen MR) is 157 cm³/mol. The van der Waals surface area contributed by atoms with Gasteiger partial charge in [0.15, 0.2) is 5.82 Å². The lowest BCUT2D eigenvalue weighted by molar-refractivity contribution is 0.582. The highest BCUT2D eigenvalue weighted by Gasteiger charge is 2.20. The summed E-state index contributed by atoms with van der Waals surface area (Å²) in [4.78, 5) is 5.10. The van der Waals surface area contributed by atoms with Gasteiger partial charge in [0.25, 0.3) is 0 Å². The van der Waals surface area contributed by atoms with Gasteiger partial charge in [-0.15, -0.1) is 10.2 Å². The number of fused-ring (bicyclic) bond motifs is 3. The van der Waals surface area contributed by atoms with Gasteiger partial charge in [-0.25, -0.2) is 4.98 Å². The minimum atomic E-state index is 0.582. The molecule has 0 unspecified atom stereocenters. The van der Waals surface area contributed by atoms with E-state index in [0.717, 1.165) is 71.5 Å². The van der Waals surface area contributed by atoms with Gasteiger partial charge in [0, 0.05) is 18.5 Å². The quantitative estimate of drug-likeness (QED) is 0.258. The molecule has 1 N–H and O–H groups in total. The number of rotatable bonds is 6. The van der Waals surface area contributed by atoms with E-state index in [1.54, 1.807) is 6.26 Å². The molecule has 0 aliphatic heterocycles. The third-order valence-corrected chi connectivity index (χ3v) is 7.81. The maximum Gasteiger partial charge on any atom is 0.198 e. The summed E-state index contributed by atoms with van der Waals surface area (Å²) in [5.74, 6) is 2.58. The smallest absolute Gasteiger partial charge is 0.198 e. The number of hydrogen-bond donors (Lipinski definition) is 1. The third kappa shape index (κ3) is 4.33. The average molecular weight is 527 g/mol. The molecular weight excluding hydrogens is 496 g/mol. The van der Waals surface area contributed by atoms with Gasteiger partial charge < -0.3 is 8.98 Å². The van der Waals surface area contributed by atoms with Crippen molar-refractivity contribution in [2.24, 2.45) is 0 Å². The van der Waals surface area contributed by atoms with Gasteiger partial charge in [0.2, 0.25) is 0 Å². The lowest BCUT2D eigenvalue weighted by Crippen LogP contribution is -2.06. The summed E-state index contributed by atoms with van der Waals surface area (Å²) in [5, 5.41) is 14.7. The first-order chi connectivity index (χ1) is 19.7. The van der Waals surface area contributed by atoms with E-state index in [2.05, 4.69) is 93.6 Å². The van der Waals surface area contributed by atoms with Crippen LogP contribution in [-0.4, -0.2) is 30.2 Å². The molecule has 0 bridgehead atoms. The fourth-order valence-electron chi connectivity index (χ4n) is 5.94. The summed E-state index contributed by atoms with van der Waals surface area (Å²) < 4.78 is 8.12. The summed E-state index contributed by atoms with van der Waals surface area (Å²) in [7, 11) is 0. The second kappa shape index (κ2) is 10.1. The number of tetrazole rings is 1. The molecule has 1 aliphatic rings. The second-order valence-corrected chi connectivity index (χ2v) is 10.5. The van der Waals surface area contributed by atoms with Gasteiger partial charge in [0.1, 0.15) is 11.6 Å². The van der Waals surface area contributed by atoms with E-state index in [4.69, 9.17) is 9.40 Å². The fraction of sp³-hybridized carbons (Fsp3) is 0.212. The molecule has 3 aromatic carbocycles. The zero-order chi connectivity index (χ0) is 27.1. The van der Waals surface area contributed by atoms with Crippen LogP contribution >= 0.6 is 0 Å². The van der Waals surface area contributed by atoms with Gasteiger partial charge in [-0.1, -0.05) is 49.4 Å². The highest BCUT2D eigenvalue weighted by Crippen LogP contribution is 2.36. The maximum atomic E-state index is 5.73. The van der Waals surface area contributed by atoms with Crippen LogP contribution in [0.3, 0.4) is 0 Å². The number of furan rings is 1. The molecule has 3 heterocycles. The molecule has 0 saturated heterocycles. The topological polar surface area (TPSA) is 85.4 Å². The standard InChI is InChI=1S/C33H30N6O/c1-3-7-32-34-33-21(2)16-25(30-10-6-15-40-30)18-29(33)39(32)20-22-11-14-27-24(17-22)13-12-23-8-4-5-9-26(23)28(27)19-31-35-37-38-36-31/h4-6,8-11,14-19H,3,7,12-13,20H2,1-2H3,(H,35,36,37,38)/b28-19+. The van der Waals surface area contributed by atoms with Crippen LogP contribution in [0.2, 0.25) is 0 Å². The summed E-state index contributed by atoms with van der Waals surface area (Å²) in [6, 6.07) is 23.9. The minimum absolute atomic E-state index is 0.582. The Morgan fingerprint density at radius 1 is 0.975 bits per heavy atom. The number of imidazole rings is 1. The lowest BCUT2D eigenvalue weighted by atomic mass is 9.92. The molecule has 7 nitrogen and oxygen atoms in total. The van der Waals surface area contributed by atoms with Crippen LogP contribution in [0.1, 0.15) is 58.4 Å². The number of hydrogen-bond acceptors (Lipinski definition) is 5. The predicted octanol–water partition coefficient (Wildman–Crippen LogP) is 6.81. The van der Waals surface area contributed by atoms with Gasteiger partial charge in [-0.05, 0) is 101 Å². The molecular formula is C33H30N6O. The fourth-order valence-corrected chi connectivity index (χ4v) is 5.94. The first-order valence-corrected chi connectivity index (χ1v) is 13.9. The lowest BCUT2D eigenvalue weighted by Gasteiger charge is -2.15. The SMILES string of the molecule is CCCc1nc2c(C)cc(-c3ccco3)cc2n1Cc1ccc2c(c1)CCc1ccccc1/C2=C\c1nn[nH]n1. The number of nitrogens with one attached hydrogen (secondary N) is 1. The van der Waals surface area contributed by atoms with Crippen LogP contribution in [0.15, 0.2) is 77.4 Å². The van der Waals surface area contributed by atoms with Crippen LogP contribution in [0.4, 0.5) is 0 Å². The summed E-state index contributed by atoms with van der Waals surface area (Å²) >= 11 is 0. The number of aryl methyl sites for hydroxylation is 4. The number of aromatic amines is 1. The van der Waals surface area contributed by atoms with Crippen molar-refractivity contribution in [1.29, 1.82) is 0 Å². The average Bonchev–Trinajstić information content (AvgIpc) is 3.73. The van der Waals surface area contributed by atoms with Crippen molar-refractivity contribution < 1.29 is 4.42 Å². The molecule has 0 amide bonds. The van der Waals surface area contributed by atoms with Crippen molar-refractivity contribution in [2.45, 2.75) is 46.1 Å². The molecule has 0 spiro atoms. The van der Waals surface area contributed by atoms with Gasteiger partial charge in [0.05, 0.1) is 17.3 Å². The molecule has 7 rings (SSSR count). The van der Waals surface area contributed by atoms with Gasteiger partial charge in [-0.3, -0.25) is 0 Å². The van der Waals surface area contributed by atoms with Gasteiger partial charge in [-0.2, -0.15) is 5.21 Å². The highest BCUT2D eigenvalue weighted by atomic mass is 16.3. The Labute approximate surface area is 232 Å².